The van der Waals surface area contributed by atoms with E-state index >= 15 is 0 Å². The van der Waals surface area contributed by atoms with Crippen LogP contribution in [0.4, 0.5) is 5.69 Å². The van der Waals surface area contributed by atoms with Gasteiger partial charge >= 0.3 is 0 Å². The molecule has 0 bridgehead atoms. The van der Waals surface area contributed by atoms with Gasteiger partial charge in [-0.15, -0.1) is 0 Å². The number of carbonyl (C=O) groups is 3. The summed E-state index contributed by atoms with van der Waals surface area (Å²) in [7, 11) is 0. The van der Waals surface area contributed by atoms with Gasteiger partial charge in [0.2, 0.25) is 11.8 Å². The predicted octanol–water partition coefficient (Wildman–Crippen LogP) is 6.20. The van der Waals surface area contributed by atoms with Crippen LogP contribution in [0.3, 0.4) is 0 Å². The highest BCUT2D eigenvalue weighted by molar-refractivity contribution is 6.09. The molecule has 4 rings (SSSR count). The van der Waals surface area contributed by atoms with Crippen LogP contribution in [0.2, 0.25) is 0 Å². The van der Waals surface area contributed by atoms with Gasteiger partial charge in [-0.3, -0.25) is 14.4 Å². The molecule has 2 N–H and O–H groups in total. The van der Waals surface area contributed by atoms with E-state index in [9.17, 15) is 14.4 Å². The fourth-order valence-corrected chi connectivity index (χ4v) is 3.36. The smallest absolute Gasteiger partial charge is 0.247 e. The summed E-state index contributed by atoms with van der Waals surface area (Å²) >= 11 is 0. The van der Waals surface area contributed by atoms with Crippen LogP contribution >= 0.6 is 0 Å². The van der Waals surface area contributed by atoms with Crippen LogP contribution in [0.15, 0.2) is 135 Å². The summed E-state index contributed by atoms with van der Waals surface area (Å²) in [5.74, 6) is -0.466. The number of anilines is 1. The molecule has 0 aliphatic carbocycles. The molecule has 0 radical (unpaired) electrons. The Labute approximate surface area is 217 Å². The summed E-state index contributed by atoms with van der Waals surface area (Å²) in [6, 6.07) is 34.2. The predicted molar refractivity (Wildman–Crippen MR) is 149 cm³/mol. The molecule has 0 spiro atoms. The summed E-state index contributed by atoms with van der Waals surface area (Å²) in [6.45, 7) is 7.32. The first-order valence-electron chi connectivity index (χ1n) is 11.7. The van der Waals surface area contributed by atoms with E-state index in [4.69, 9.17) is 0 Å². The van der Waals surface area contributed by atoms with Crippen LogP contribution < -0.4 is 10.6 Å². The van der Waals surface area contributed by atoms with E-state index in [1.807, 2.05) is 48.5 Å². The van der Waals surface area contributed by atoms with Gasteiger partial charge < -0.3 is 10.6 Å². The molecule has 184 valence electrons. The Hall–Kier alpha value is -5.03. The highest BCUT2D eigenvalue weighted by Crippen LogP contribution is 2.19. The lowest BCUT2D eigenvalue weighted by molar-refractivity contribution is -0.116. The molecule has 5 heteroatoms. The lowest BCUT2D eigenvalue weighted by atomic mass is 10.0. The second-order valence-electron chi connectivity index (χ2n) is 7.95. The van der Waals surface area contributed by atoms with Gasteiger partial charge in [0.15, 0.2) is 5.78 Å². The maximum atomic E-state index is 12.1. The first kappa shape index (κ1) is 26.6. The quantitative estimate of drug-likeness (QED) is 0.229. The summed E-state index contributed by atoms with van der Waals surface area (Å²) in [5, 5.41) is 5.38. The summed E-state index contributed by atoms with van der Waals surface area (Å²) in [6.07, 6.45) is 2.47. The molecule has 0 saturated heterocycles. The topological polar surface area (TPSA) is 75.3 Å². The molecule has 0 saturated carbocycles. The van der Waals surface area contributed by atoms with Gasteiger partial charge in [-0.1, -0.05) is 98.1 Å². The number of hydrogen-bond donors (Lipinski definition) is 2. The molecular formula is C32H28N2O3. The molecule has 0 fully saturated rings. The number of carbonyl (C=O) groups excluding carboxylic acids is 3. The zero-order valence-electron chi connectivity index (χ0n) is 20.4. The minimum absolute atomic E-state index is 0.0396. The second-order valence-corrected chi connectivity index (χ2v) is 7.95. The number of hydrogen-bond acceptors (Lipinski definition) is 3. The molecule has 4 aromatic rings. The van der Waals surface area contributed by atoms with Crippen molar-refractivity contribution in [3.8, 4) is 11.1 Å². The molecule has 0 atom stereocenters. The normalized spacial score (nSPS) is 9.73. The summed E-state index contributed by atoms with van der Waals surface area (Å²) < 4.78 is 0. The molecular weight excluding hydrogens is 460 g/mol. The largest absolute Gasteiger partial charge is 0.348 e. The zero-order valence-corrected chi connectivity index (χ0v) is 20.4. The average molecular weight is 489 g/mol. The first-order chi connectivity index (χ1) is 18.0. The highest BCUT2D eigenvalue weighted by atomic mass is 16.2. The Bertz CT molecular complexity index is 1350. The molecule has 2 amide bonds. The summed E-state index contributed by atoms with van der Waals surface area (Å²) in [4.78, 5) is 34.3. The third kappa shape index (κ3) is 8.30. The van der Waals surface area contributed by atoms with E-state index in [-0.39, 0.29) is 17.6 Å². The fraction of sp³-hybridized carbons (Fsp3) is 0.0312. The van der Waals surface area contributed by atoms with E-state index in [1.165, 1.54) is 23.3 Å². The van der Waals surface area contributed by atoms with E-state index in [0.717, 1.165) is 5.56 Å². The SMILES string of the molecule is C=CC(=O)NCc1ccc(-c2ccccc2)cc1.C=CC(=O)Nc1ccc(C(=O)c2ccccc2)cc1. The van der Waals surface area contributed by atoms with Gasteiger partial charge in [0.1, 0.15) is 0 Å². The van der Waals surface area contributed by atoms with Gasteiger partial charge in [-0.25, -0.2) is 0 Å². The van der Waals surface area contributed by atoms with Crippen LogP contribution in [0.5, 0.6) is 0 Å². The minimum Gasteiger partial charge on any atom is -0.348 e. The van der Waals surface area contributed by atoms with Crippen molar-refractivity contribution in [1.29, 1.82) is 0 Å². The molecule has 0 heterocycles. The maximum absolute atomic E-state index is 12.1. The van der Waals surface area contributed by atoms with E-state index in [0.29, 0.717) is 23.4 Å². The lowest BCUT2D eigenvalue weighted by Crippen LogP contribution is -2.19. The van der Waals surface area contributed by atoms with Gasteiger partial charge in [0.05, 0.1) is 0 Å². The third-order valence-corrected chi connectivity index (χ3v) is 5.35. The molecule has 4 aromatic carbocycles. The number of benzene rings is 4. The van der Waals surface area contributed by atoms with Crippen LogP contribution in [0.25, 0.3) is 11.1 Å². The second kappa shape index (κ2) is 13.8. The maximum Gasteiger partial charge on any atom is 0.247 e. The van der Waals surface area contributed by atoms with E-state index in [2.05, 4.69) is 48.1 Å². The Morgan fingerprint density at radius 3 is 1.68 bits per heavy atom. The number of amides is 2. The third-order valence-electron chi connectivity index (χ3n) is 5.35. The van der Waals surface area contributed by atoms with Crippen molar-refractivity contribution in [2.45, 2.75) is 6.54 Å². The van der Waals surface area contributed by atoms with Gasteiger partial charge in [0, 0.05) is 23.4 Å². The number of ketones is 1. The molecule has 0 unspecified atom stereocenters. The monoisotopic (exact) mass is 488 g/mol. The van der Waals surface area contributed by atoms with Crippen LogP contribution in [0.1, 0.15) is 21.5 Å². The molecule has 0 aliphatic heterocycles. The Kier molecular flexibility index (Phi) is 9.88. The molecule has 5 nitrogen and oxygen atoms in total. The zero-order chi connectivity index (χ0) is 26.5. The van der Waals surface area contributed by atoms with Crippen LogP contribution in [-0.4, -0.2) is 17.6 Å². The minimum atomic E-state index is -0.276. The van der Waals surface area contributed by atoms with Crippen LogP contribution in [-0.2, 0) is 16.1 Å². The Morgan fingerprint density at radius 1 is 0.595 bits per heavy atom. The number of rotatable bonds is 8. The number of nitrogens with one attached hydrogen (secondary N) is 2. The van der Waals surface area contributed by atoms with E-state index < -0.39 is 0 Å². The van der Waals surface area contributed by atoms with Crippen molar-refractivity contribution in [3.63, 3.8) is 0 Å². The summed E-state index contributed by atoms with van der Waals surface area (Å²) in [5.41, 5.74) is 5.31. The van der Waals surface area contributed by atoms with Gasteiger partial charge in [0.25, 0.3) is 0 Å². The van der Waals surface area contributed by atoms with Crippen LogP contribution in [0, 0.1) is 0 Å². The fourth-order valence-electron chi connectivity index (χ4n) is 3.36. The van der Waals surface area contributed by atoms with Gasteiger partial charge in [-0.2, -0.15) is 0 Å². The molecule has 0 aromatic heterocycles. The van der Waals surface area contributed by atoms with Crippen molar-refractivity contribution in [2.24, 2.45) is 0 Å². The van der Waals surface area contributed by atoms with Crippen molar-refractivity contribution >= 4 is 23.3 Å². The average Bonchev–Trinajstić information content (AvgIpc) is 2.97. The van der Waals surface area contributed by atoms with Crippen molar-refractivity contribution in [2.75, 3.05) is 5.32 Å². The highest BCUT2D eigenvalue weighted by Gasteiger charge is 2.08. The van der Waals surface area contributed by atoms with Crippen molar-refractivity contribution in [1.82, 2.24) is 5.32 Å². The Morgan fingerprint density at radius 2 is 1.11 bits per heavy atom. The van der Waals surface area contributed by atoms with Gasteiger partial charge in [-0.05, 0) is 53.1 Å². The lowest BCUT2D eigenvalue weighted by Gasteiger charge is -2.05. The Balaban J connectivity index is 0.000000206. The molecule has 37 heavy (non-hydrogen) atoms. The van der Waals surface area contributed by atoms with E-state index in [1.54, 1.807) is 36.4 Å². The first-order valence-corrected chi connectivity index (χ1v) is 11.7. The van der Waals surface area contributed by atoms with Crippen molar-refractivity contribution in [3.05, 3.63) is 151 Å². The standard InChI is InChI=1S/C16H13NO2.C16H15NO/c1-2-15(18)17-14-10-8-13(9-11-14)16(19)12-6-4-3-5-7-12;1-2-16(18)17-12-13-8-10-15(11-9-13)14-6-4-3-5-7-14/h2-11H,1H2,(H,17,18);2-11H,1,12H2,(H,17,18). The molecule has 0 aliphatic rings. The van der Waals surface area contributed by atoms with Crippen molar-refractivity contribution < 1.29 is 14.4 Å².